The molecule has 0 saturated carbocycles. The van der Waals surface area contributed by atoms with Gasteiger partial charge in [-0.25, -0.2) is 4.39 Å². The fraction of sp³-hybridized carbons (Fsp3) is 0.417. The molecule has 7 heteroatoms. The number of aryl methyl sites for hydroxylation is 2. The Kier molecular flexibility index (Phi) is 7.76. The second-order valence-electron chi connectivity index (χ2n) is 7.98. The van der Waals surface area contributed by atoms with E-state index in [1.54, 1.807) is 17.0 Å². The van der Waals surface area contributed by atoms with Gasteiger partial charge in [-0.3, -0.25) is 19.4 Å². The number of piperazine rings is 1. The van der Waals surface area contributed by atoms with Crippen molar-refractivity contribution in [1.82, 2.24) is 9.80 Å². The summed E-state index contributed by atoms with van der Waals surface area (Å²) in [6.45, 7) is 9.99. The number of hydrogen-bond acceptors (Lipinski definition) is 4. The summed E-state index contributed by atoms with van der Waals surface area (Å²) in [6.07, 6.45) is 0. The summed E-state index contributed by atoms with van der Waals surface area (Å²) in [6, 6.07) is 12.0. The summed E-state index contributed by atoms with van der Waals surface area (Å²) >= 11 is 0. The van der Waals surface area contributed by atoms with E-state index in [0.717, 1.165) is 43.0 Å². The summed E-state index contributed by atoms with van der Waals surface area (Å²) in [5, 5.41) is 3.03. The standard InChI is InChI=1S/C24H31FN4O2/c1-4-29(21-10-8-20(25)9-11-21)23(31)17-28-14-12-27(13-15-28)16-22(30)26-24-18(2)6-5-7-19(24)3/h5-11H,4,12-17H2,1-3H3,(H,26,30). The van der Waals surface area contributed by atoms with Crippen LogP contribution in [0.1, 0.15) is 18.1 Å². The average Bonchev–Trinajstić information content (AvgIpc) is 2.74. The fourth-order valence-corrected chi connectivity index (χ4v) is 3.90. The van der Waals surface area contributed by atoms with Crippen molar-refractivity contribution in [3.63, 3.8) is 0 Å². The van der Waals surface area contributed by atoms with Crippen molar-refractivity contribution < 1.29 is 14.0 Å². The molecule has 2 aromatic rings. The first-order valence-electron chi connectivity index (χ1n) is 10.7. The molecule has 2 aromatic carbocycles. The lowest BCUT2D eigenvalue weighted by molar-refractivity contribution is -0.121. The first-order chi connectivity index (χ1) is 14.9. The lowest BCUT2D eigenvalue weighted by atomic mass is 10.1. The Hall–Kier alpha value is -2.77. The lowest BCUT2D eigenvalue weighted by Crippen LogP contribution is -2.51. The Bertz CT molecular complexity index is 888. The van der Waals surface area contributed by atoms with Crippen LogP contribution in [0.4, 0.5) is 15.8 Å². The monoisotopic (exact) mass is 426 g/mol. The maximum atomic E-state index is 13.2. The number of nitrogens with zero attached hydrogens (tertiary/aromatic N) is 3. The van der Waals surface area contributed by atoms with Crippen LogP contribution in [0.3, 0.4) is 0 Å². The predicted molar refractivity (Wildman–Crippen MR) is 122 cm³/mol. The molecular weight excluding hydrogens is 395 g/mol. The highest BCUT2D eigenvalue weighted by molar-refractivity contribution is 5.95. The highest BCUT2D eigenvalue weighted by Crippen LogP contribution is 2.19. The molecule has 0 aliphatic carbocycles. The molecule has 0 radical (unpaired) electrons. The first kappa shape index (κ1) is 22.9. The minimum Gasteiger partial charge on any atom is -0.324 e. The molecule has 0 spiro atoms. The number of amides is 2. The van der Waals surface area contributed by atoms with E-state index < -0.39 is 0 Å². The molecular formula is C24H31FN4O2. The zero-order chi connectivity index (χ0) is 22.4. The van der Waals surface area contributed by atoms with Gasteiger partial charge in [-0.15, -0.1) is 0 Å². The molecule has 1 fully saturated rings. The molecule has 31 heavy (non-hydrogen) atoms. The number of likely N-dealkylation sites (N-methyl/N-ethyl adjacent to an activating group) is 1. The Labute approximate surface area is 183 Å². The summed E-state index contributed by atoms with van der Waals surface area (Å²) in [5.74, 6) is -0.337. The van der Waals surface area contributed by atoms with E-state index >= 15 is 0 Å². The number of nitrogens with one attached hydrogen (secondary N) is 1. The predicted octanol–water partition coefficient (Wildman–Crippen LogP) is 3.05. The van der Waals surface area contributed by atoms with Crippen molar-refractivity contribution in [2.45, 2.75) is 20.8 Å². The Morgan fingerprint density at radius 2 is 1.48 bits per heavy atom. The quantitative estimate of drug-likeness (QED) is 0.740. The van der Waals surface area contributed by atoms with Crippen molar-refractivity contribution >= 4 is 23.2 Å². The number of benzene rings is 2. The van der Waals surface area contributed by atoms with Crippen molar-refractivity contribution in [2.75, 3.05) is 56.0 Å². The largest absolute Gasteiger partial charge is 0.324 e. The molecule has 3 rings (SSSR count). The highest BCUT2D eigenvalue weighted by atomic mass is 19.1. The van der Waals surface area contributed by atoms with E-state index in [4.69, 9.17) is 0 Å². The molecule has 1 N–H and O–H groups in total. The molecule has 1 heterocycles. The third-order valence-electron chi connectivity index (χ3n) is 5.69. The van der Waals surface area contributed by atoms with Gasteiger partial charge in [0, 0.05) is 44.1 Å². The van der Waals surface area contributed by atoms with E-state index in [1.807, 2.05) is 39.0 Å². The molecule has 1 saturated heterocycles. The maximum Gasteiger partial charge on any atom is 0.241 e. The van der Waals surface area contributed by atoms with Gasteiger partial charge in [0.25, 0.3) is 0 Å². The van der Waals surface area contributed by atoms with Gasteiger partial charge in [0.05, 0.1) is 13.1 Å². The van der Waals surface area contributed by atoms with Crippen molar-refractivity contribution in [2.24, 2.45) is 0 Å². The molecule has 1 aliphatic heterocycles. The van der Waals surface area contributed by atoms with Gasteiger partial charge in [-0.2, -0.15) is 0 Å². The van der Waals surface area contributed by atoms with Crippen LogP contribution in [0.5, 0.6) is 0 Å². The molecule has 6 nitrogen and oxygen atoms in total. The minimum absolute atomic E-state index is 0.00432. The number of rotatable bonds is 7. The number of para-hydroxylation sites is 1. The second kappa shape index (κ2) is 10.5. The summed E-state index contributed by atoms with van der Waals surface area (Å²) < 4.78 is 13.2. The summed E-state index contributed by atoms with van der Waals surface area (Å²) in [7, 11) is 0. The van der Waals surface area contributed by atoms with E-state index in [1.165, 1.54) is 12.1 Å². The van der Waals surface area contributed by atoms with Gasteiger partial charge in [0.1, 0.15) is 5.82 Å². The van der Waals surface area contributed by atoms with Crippen LogP contribution >= 0.6 is 0 Å². The SMILES string of the molecule is CCN(C(=O)CN1CCN(CC(=O)Nc2c(C)cccc2C)CC1)c1ccc(F)cc1. The molecule has 0 aromatic heterocycles. The van der Waals surface area contributed by atoms with Crippen LogP contribution in [-0.2, 0) is 9.59 Å². The smallest absolute Gasteiger partial charge is 0.241 e. The molecule has 0 bridgehead atoms. The van der Waals surface area contributed by atoms with Gasteiger partial charge in [0.2, 0.25) is 11.8 Å². The van der Waals surface area contributed by atoms with Crippen LogP contribution < -0.4 is 10.2 Å². The first-order valence-corrected chi connectivity index (χ1v) is 10.7. The Balaban J connectivity index is 1.47. The van der Waals surface area contributed by atoms with E-state index in [0.29, 0.717) is 25.3 Å². The maximum absolute atomic E-state index is 13.2. The Morgan fingerprint density at radius 1 is 0.935 bits per heavy atom. The average molecular weight is 427 g/mol. The zero-order valence-electron chi connectivity index (χ0n) is 18.5. The van der Waals surface area contributed by atoms with Gasteiger partial charge in [-0.1, -0.05) is 18.2 Å². The molecule has 1 aliphatic rings. The summed E-state index contributed by atoms with van der Waals surface area (Å²) in [5.41, 5.74) is 3.70. The molecule has 166 valence electrons. The molecule has 0 unspecified atom stereocenters. The van der Waals surface area contributed by atoms with Gasteiger partial charge in [0.15, 0.2) is 0 Å². The second-order valence-corrected chi connectivity index (χ2v) is 7.98. The summed E-state index contributed by atoms with van der Waals surface area (Å²) in [4.78, 5) is 31.2. The van der Waals surface area contributed by atoms with Crippen molar-refractivity contribution in [1.29, 1.82) is 0 Å². The third-order valence-corrected chi connectivity index (χ3v) is 5.69. The minimum atomic E-state index is -0.315. The van der Waals surface area contributed by atoms with Crippen LogP contribution in [0.25, 0.3) is 0 Å². The van der Waals surface area contributed by atoms with Crippen molar-refractivity contribution in [3.8, 4) is 0 Å². The lowest BCUT2D eigenvalue weighted by Gasteiger charge is -2.35. The number of anilines is 2. The van der Waals surface area contributed by atoms with E-state index in [-0.39, 0.29) is 17.6 Å². The number of hydrogen-bond donors (Lipinski definition) is 1. The molecule has 0 atom stereocenters. The van der Waals surface area contributed by atoms with Crippen LogP contribution in [0, 0.1) is 19.7 Å². The normalized spacial score (nSPS) is 15.0. The van der Waals surface area contributed by atoms with E-state index in [9.17, 15) is 14.0 Å². The number of carbonyl (C=O) groups excluding carboxylic acids is 2. The topological polar surface area (TPSA) is 55.9 Å². The van der Waals surface area contributed by atoms with Crippen molar-refractivity contribution in [3.05, 3.63) is 59.4 Å². The highest BCUT2D eigenvalue weighted by Gasteiger charge is 2.23. The number of carbonyl (C=O) groups is 2. The Morgan fingerprint density at radius 3 is 2.03 bits per heavy atom. The van der Waals surface area contributed by atoms with E-state index in [2.05, 4.69) is 15.1 Å². The van der Waals surface area contributed by atoms with Gasteiger partial charge < -0.3 is 10.2 Å². The third kappa shape index (κ3) is 6.12. The van der Waals surface area contributed by atoms with Gasteiger partial charge in [-0.05, 0) is 56.2 Å². The number of halogens is 1. The van der Waals surface area contributed by atoms with Crippen LogP contribution in [0.2, 0.25) is 0 Å². The molecule has 2 amide bonds. The fourth-order valence-electron chi connectivity index (χ4n) is 3.90. The zero-order valence-corrected chi connectivity index (χ0v) is 18.5. The van der Waals surface area contributed by atoms with Crippen LogP contribution in [0.15, 0.2) is 42.5 Å². The van der Waals surface area contributed by atoms with Crippen LogP contribution in [-0.4, -0.2) is 67.4 Å². The van der Waals surface area contributed by atoms with Gasteiger partial charge >= 0.3 is 0 Å².